The van der Waals surface area contributed by atoms with Crippen LogP contribution in [-0.4, -0.2) is 46.6 Å². The number of ether oxygens (including phenoxy) is 2. The summed E-state index contributed by atoms with van der Waals surface area (Å²) in [6.45, 7) is 1.00. The summed E-state index contributed by atoms with van der Waals surface area (Å²) < 4.78 is 12.1. The molecule has 0 atom stereocenters. The average molecular weight is 497 g/mol. The molecule has 0 bridgehead atoms. The molecular weight excluding hydrogens is 468 g/mol. The predicted molar refractivity (Wildman–Crippen MR) is 134 cm³/mol. The van der Waals surface area contributed by atoms with Crippen molar-refractivity contribution in [3.63, 3.8) is 0 Å². The summed E-state index contributed by atoms with van der Waals surface area (Å²) in [6, 6.07) is 12.4. The number of carbonyl (C=O) groups is 2. The molecule has 35 heavy (non-hydrogen) atoms. The Bertz CT molecular complexity index is 1140. The number of aryl methyl sites for hydroxylation is 1. The van der Waals surface area contributed by atoms with Crippen LogP contribution in [0.5, 0.6) is 17.2 Å². The van der Waals surface area contributed by atoms with Crippen molar-refractivity contribution >= 4 is 29.1 Å². The van der Waals surface area contributed by atoms with E-state index in [0.717, 1.165) is 31.2 Å². The number of hydrogen-bond acceptors (Lipinski definition) is 5. The molecule has 1 aliphatic heterocycles. The Hall–Kier alpha value is -3.52. The Balaban J connectivity index is 1.49. The monoisotopic (exact) mass is 496 g/mol. The van der Waals surface area contributed by atoms with E-state index in [-0.39, 0.29) is 18.4 Å². The maximum Gasteiger partial charge on any atom is 0.244 e. The summed E-state index contributed by atoms with van der Waals surface area (Å²) in [7, 11) is 0. The maximum atomic E-state index is 13.0. The highest BCUT2D eigenvalue weighted by Gasteiger charge is 2.19. The molecule has 0 saturated carbocycles. The van der Waals surface area contributed by atoms with Gasteiger partial charge in [0.1, 0.15) is 0 Å². The number of benzene rings is 2. The van der Waals surface area contributed by atoms with Gasteiger partial charge in [-0.3, -0.25) is 14.7 Å². The Kier molecular flexibility index (Phi) is 8.62. The van der Waals surface area contributed by atoms with Crippen molar-refractivity contribution in [2.45, 2.75) is 38.5 Å². The van der Waals surface area contributed by atoms with E-state index in [1.165, 1.54) is 0 Å². The van der Waals surface area contributed by atoms with Crippen molar-refractivity contribution in [1.82, 2.24) is 15.1 Å². The fourth-order valence-corrected chi connectivity index (χ4v) is 4.07. The summed E-state index contributed by atoms with van der Waals surface area (Å²) in [4.78, 5) is 27.6. The second kappa shape index (κ2) is 12.3. The van der Waals surface area contributed by atoms with E-state index in [4.69, 9.17) is 21.1 Å². The highest BCUT2D eigenvalue weighted by molar-refractivity contribution is 6.31. The van der Waals surface area contributed by atoms with Gasteiger partial charge in [-0.15, -0.1) is 0 Å². The number of fused-ring (bicyclic) bond motifs is 2. The number of aromatic nitrogens is 2. The standard InChI is InChI=1S/C26H29ClN4O4/c27-20-11-12-22-21(15-20)30-25(32)18-31(26(33)10-6-7-19-16-28-29-17-19)13-4-1-5-14-34-23-8-2-3-9-24(23)35-22/h2-3,8-9,11-12,15-17H,1,4-7,10,13-14,18H2,(H,28,29)(H,30,32). The molecule has 9 heteroatoms. The third-order valence-electron chi connectivity index (χ3n) is 5.71. The Morgan fingerprint density at radius 2 is 1.94 bits per heavy atom. The van der Waals surface area contributed by atoms with Crippen LogP contribution in [0.25, 0.3) is 0 Å². The van der Waals surface area contributed by atoms with E-state index in [9.17, 15) is 9.59 Å². The van der Waals surface area contributed by atoms with Crippen molar-refractivity contribution in [1.29, 1.82) is 0 Å². The number of para-hydroxylation sites is 2. The number of H-pyrrole nitrogens is 1. The average Bonchev–Trinajstić information content (AvgIpc) is 3.36. The summed E-state index contributed by atoms with van der Waals surface area (Å²) in [5.41, 5.74) is 1.49. The Labute approximate surface area is 209 Å². The van der Waals surface area contributed by atoms with E-state index < -0.39 is 0 Å². The molecule has 0 spiro atoms. The molecule has 2 N–H and O–H groups in total. The molecule has 0 saturated heterocycles. The van der Waals surface area contributed by atoms with Crippen LogP contribution in [0, 0.1) is 0 Å². The molecule has 2 amide bonds. The molecular formula is C26H29ClN4O4. The number of nitrogens with zero attached hydrogens (tertiary/aromatic N) is 2. The molecule has 4 rings (SSSR count). The van der Waals surface area contributed by atoms with Crippen LogP contribution in [0.15, 0.2) is 54.9 Å². The smallest absolute Gasteiger partial charge is 0.244 e. The third-order valence-corrected chi connectivity index (χ3v) is 5.95. The van der Waals surface area contributed by atoms with Crippen LogP contribution >= 0.6 is 11.6 Å². The molecule has 8 nitrogen and oxygen atoms in total. The largest absolute Gasteiger partial charge is 0.490 e. The Morgan fingerprint density at radius 3 is 2.77 bits per heavy atom. The van der Waals surface area contributed by atoms with Gasteiger partial charge < -0.3 is 19.7 Å². The first kappa shape index (κ1) is 24.6. The van der Waals surface area contributed by atoms with Crippen LogP contribution in [0.1, 0.15) is 37.7 Å². The van der Waals surface area contributed by atoms with Crippen molar-refractivity contribution in [3.05, 3.63) is 65.4 Å². The molecule has 2 aromatic carbocycles. The van der Waals surface area contributed by atoms with Gasteiger partial charge in [0.2, 0.25) is 11.8 Å². The fourth-order valence-electron chi connectivity index (χ4n) is 3.90. The first-order valence-corrected chi connectivity index (χ1v) is 12.2. The number of rotatable bonds is 4. The summed E-state index contributed by atoms with van der Waals surface area (Å²) >= 11 is 6.20. The zero-order chi connectivity index (χ0) is 24.5. The number of hydrogen-bond donors (Lipinski definition) is 2. The summed E-state index contributed by atoms with van der Waals surface area (Å²) in [6.07, 6.45) is 7.88. The van der Waals surface area contributed by atoms with Crippen LogP contribution in [0.2, 0.25) is 5.02 Å². The normalized spacial score (nSPS) is 14.9. The zero-order valence-corrected chi connectivity index (χ0v) is 20.2. The molecule has 184 valence electrons. The number of anilines is 1. The van der Waals surface area contributed by atoms with E-state index in [2.05, 4.69) is 15.5 Å². The first-order chi connectivity index (χ1) is 17.1. The lowest BCUT2D eigenvalue weighted by atomic mass is 10.1. The van der Waals surface area contributed by atoms with Gasteiger partial charge in [-0.25, -0.2) is 0 Å². The molecule has 1 aliphatic rings. The highest BCUT2D eigenvalue weighted by atomic mass is 35.5. The van der Waals surface area contributed by atoms with Crippen LogP contribution < -0.4 is 14.8 Å². The quantitative estimate of drug-likeness (QED) is 0.517. The topological polar surface area (TPSA) is 96.6 Å². The lowest BCUT2D eigenvalue weighted by molar-refractivity contribution is -0.134. The van der Waals surface area contributed by atoms with Crippen molar-refractivity contribution < 1.29 is 19.1 Å². The first-order valence-electron chi connectivity index (χ1n) is 11.8. The lowest BCUT2D eigenvalue weighted by Gasteiger charge is -2.22. The lowest BCUT2D eigenvalue weighted by Crippen LogP contribution is -2.38. The van der Waals surface area contributed by atoms with Gasteiger partial charge in [0.25, 0.3) is 0 Å². The van der Waals surface area contributed by atoms with Crippen molar-refractivity contribution in [3.8, 4) is 17.2 Å². The van der Waals surface area contributed by atoms with E-state index in [1.54, 1.807) is 29.3 Å². The fraction of sp³-hybridized carbons (Fsp3) is 0.346. The van der Waals surface area contributed by atoms with Crippen LogP contribution in [-0.2, 0) is 16.0 Å². The van der Waals surface area contributed by atoms with E-state index in [1.807, 2.05) is 30.5 Å². The second-order valence-electron chi connectivity index (χ2n) is 8.42. The van der Waals surface area contributed by atoms with Crippen LogP contribution in [0.3, 0.4) is 0 Å². The highest BCUT2D eigenvalue weighted by Crippen LogP contribution is 2.36. The molecule has 0 fully saturated rings. The summed E-state index contributed by atoms with van der Waals surface area (Å²) in [5.74, 6) is 1.27. The molecule has 3 aromatic rings. The molecule has 0 unspecified atom stereocenters. The van der Waals surface area contributed by atoms with Gasteiger partial charge in [-0.2, -0.15) is 5.10 Å². The van der Waals surface area contributed by atoms with E-state index >= 15 is 0 Å². The number of carbonyl (C=O) groups excluding carboxylic acids is 2. The number of nitrogens with one attached hydrogen (secondary N) is 2. The summed E-state index contributed by atoms with van der Waals surface area (Å²) in [5, 5.41) is 10.0. The SMILES string of the molecule is O=C1CN(C(=O)CCCc2cn[nH]c2)CCCCCOc2ccccc2Oc2ccc(Cl)cc2N1. The maximum absolute atomic E-state index is 13.0. The number of amides is 2. The van der Waals surface area contributed by atoms with Crippen molar-refractivity contribution in [2.24, 2.45) is 0 Å². The van der Waals surface area contributed by atoms with Gasteiger partial charge in [-0.05, 0) is 68.0 Å². The minimum Gasteiger partial charge on any atom is -0.490 e. The third kappa shape index (κ3) is 7.23. The Morgan fingerprint density at radius 1 is 1.09 bits per heavy atom. The van der Waals surface area contributed by atoms with Gasteiger partial charge in [0, 0.05) is 24.2 Å². The molecule has 0 aliphatic carbocycles. The predicted octanol–water partition coefficient (Wildman–Crippen LogP) is 5.21. The number of aromatic amines is 1. The van der Waals surface area contributed by atoms with Gasteiger partial charge in [-0.1, -0.05) is 23.7 Å². The van der Waals surface area contributed by atoms with Crippen LogP contribution in [0.4, 0.5) is 5.69 Å². The van der Waals surface area contributed by atoms with Gasteiger partial charge in [0.05, 0.1) is 25.0 Å². The van der Waals surface area contributed by atoms with Gasteiger partial charge in [0.15, 0.2) is 17.2 Å². The number of halogens is 1. The molecule has 2 heterocycles. The second-order valence-corrected chi connectivity index (χ2v) is 8.86. The zero-order valence-electron chi connectivity index (χ0n) is 19.5. The molecule has 1 aromatic heterocycles. The molecule has 0 radical (unpaired) electrons. The van der Waals surface area contributed by atoms with Crippen molar-refractivity contribution in [2.75, 3.05) is 25.0 Å². The van der Waals surface area contributed by atoms with Gasteiger partial charge >= 0.3 is 0 Å². The minimum absolute atomic E-state index is 0.0381. The van der Waals surface area contributed by atoms with E-state index in [0.29, 0.717) is 54.0 Å². The minimum atomic E-state index is -0.306.